The molecule has 2 aliphatic heterocycles. The largest absolute Gasteiger partial charge is 0.486 e. The van der Waals surface area contributed by atoms with Crippen molar-refractivity contribution in [2.75, 3.05) is 44.3 Å². The molecular weight excluding hydrogens is 424 g/mol. The third-order valence-electron chi connectivity index (χ3n) is 4.89. The fourth-order valence-corrected chi connectivity index (χ4v) is 3.88. The summed E-state index contributed by atoms with van der Waals surface area (Å²) in [4.78, 5) is 21.0. The van der Waals surface area contributed by atoms with Crippen LogP contribution in [0.2, 0.25) is 0 Å². The lowest BCUT2D eigenvalue weighted by Gasteiger charge is -2.35. The summed E-state index contributed by atoms with van der Waals surface area (Å²) < 4.78 is 12.0. The molecule has 0 aliphatic carbocycles. The van der Waals surface area contributed by atoms with E-state index in [-0.39, 0.29) is 5.91 Å². The van der Waals surface area contributed by atoms with Gasteiger partial charge < -0.3 is 19.3 Å². The van der Waals surface area contributed by atoms with Crippen molar-refractivity contribution in [1.82, 2.24) is 9.88 Å². The number of pyridine rings is 1. The molecule has 0 bridgehead atoms. The van der Waals surface area contributed by atoms with E-state index in [1.807, 2.05) is 17.0 Å². The molecule has 4 rings (SSSR count). The Balaban J connectivity index is 1.40. The van der Waals surface area contributed by atoms with Crippen molar-refractivity contribution >= 4 is 27.7 Å². The van der Waals surface area contributed by atoms with Gasteiger partial charge in [-0.3, -0.25) is 4.79 Å². The third kappa shape index (κ3) is 3.76. The van der Waals surface area contributed by atoms with E-state index in [9.17, 15) is 10.1 Å². The Hall–Kier alpha value is -2.79. The summed E-state index contributed by atoms with van der Waals surface area (Å²) in [6.45, 7) is 3.55. The van der Waals surface area contributed by atoms with Crippen LogP contribution in [-0.2, 0) is 11.2 Å². The maximum atomic E-state index is 12.8. The van der Waals surface area contributed by atoms with E-state index in [2.05, 4.69) is 31.9 Å². The van der Waals surface area contributed by atoms with E-state index in [0.29, 0.717) is 68.7 Å². The molecule has 0 unspecified atom stereocenters. The number of amides is 1. The zero-order chi connectivity index (χ0) is 19.5. The standard InChI is InChI=1S/C20H19BrN4O3/c21-16-12-18-17(27-8-9-28-18)10-15(16)11-19(26)24-4-6-25(7-5-24)20-14(13-22)2-1-3-23-20/h1-3,10,12H,4-9,11H2. The highest BCUT2D eigenvalue weighted by atomic mass is 79.9. The van der Waals surface area contributed by atoms with Crippen molar-refractivity contribution in [2.24, 2.45) is 0 Å². The van der Waals surface area contributed by atoms with Crippen LogP contribution in [0.1, 0.15) is 11.1 Å². The summed E-state index contributed by atoms with van der Waals surface area (Å²) in [5.41, 5.74) is 1.44. The first-order valence-electron chi connectivity index (χ1n) is 9.11. The van der Waals surface area contributed by atoms with Crippen LogP contribution < -0.4 is 14.4 Å². The lowest BCUT2D eigenvalue weighted by molar-refractivity contribution is -0.130. The Kier molecular flexibility index (Phi) is 5.35. The Labute approximate surface area is 171 Å². The predicted molar refractivity (Wildman–Crippen MR) is 107 cm³/mol. The number of ether oxygens (including phenoxy) is 2. The van der Waals surface area contributed by atoms with Crippen LogP contribution in [0, 0.1) is 11.3 Å². The topological polar surface area (TPSA) is 78.7 Å². The van der Waals surface area contributed by atoms with Crippen molar-refractivity contribution in [1.29, 1.82) is 5.26 Å². The van der Waals surface area contributed by atoms with Crippen LogP contribution in [0.15, 0.2) is 34.9 Å². The first-order valence-corrected chi connectivity index (χ1v) is 9.91. The van der Waals surface area contributed by atoms with E-state index in [0.717, 1.165) is 10.0 Å². The van der Waals surface area contributed by atoms with Crippen molar-refractivity contribution in [2.45, 2.75) is 6.42 Å². The van der Waals surface area contributed by atoms with Crippen LogP contribution in [0.25, 0.3) is 0 Å². The molecule has 1 amide bonds. The smallest absolute Gasteiger partial charge is 0.227 e. The number of nitrogens with zero attached hydrogens (tertiary/aromatic N) is 4. The minimum atomic E-state index is 0.0681. The monoisotopic (exact) mass is 442 g/mol. The minimum absolute atomic E-state index is 0.0681. The van der Waals surface area contributed by atoms with Crippen molar-refractivity contribution in [3.8, 4) is 17.6 Å². The summed E-state index contributed by atoms with van der Waals surface area (Å²) in [6, 6.07) is 9.43. The second kappa shape index (κ2) is 8.07. The Bertz CT molecular complexity index is 936. The molecule has 1 aromatic carbocycles. The fraction of sp³-hybridized carbons (Fsp3) is 0.350. The van der Waals surface area contributed by atoms with Gasteiger partial charge in [-0.25, -0.2) is 4.98 Å². The van der Waals surface area contributed by atoms with Gasteiger partial charge in [0, 0.05) is 36.8 Å². The van der Waals surface area contributed by atoms with Crippen LogP contribution in [0.5, 0.6) is 11.5 Å². The summed E-state index contributed by atoms with van der Waals surface area (Å²) in [5, 5.41) is 9.26. The number of carbonyl (C=O) groups is 1. The van der Waals surface area contributed by atoms with E-state index < -0.39 is 0 Å². The molecule has 0 saturated carbocycles. The van der Waals surface area contributed by atoms with Gasteiger partial charge in [0.25, 0.3) is 0 Å². The lowest BCUT2D eigenvalue weighted by atomic mass is 10.1. The molecule has 0 N–H and O–H groups in total. The maximum Gasteiger partial charge on any atom is 0.227 e. The van der Waals surface area contributed by atoms with Crippen LogP contribution in [0.4, 0.5) is 5.82 Å². The molecule has 0 spiro atoms. The number of fused-ring (bicyclic) bond motifs is 1. The zero-order valence-electron chi connectivity index (χ0n) is 15.2. The fourth-order valence-electron chi connectivity index (χ4n) is 3.42. The number of piperazine rings is 1. The SMILES string of the molecule is N#Cc1cccnc1N1CCN(C(=O)Cc2cc3c(cc2Br)OCCO3)CC1. The molecular formula is C20H19BrN4O3. The van der Waals surface area contributed by atoms with Gasteiger partial charge in [0.2, 0.25) is 5.91 Å². The maximum absolute atomic E-state index is 12.8. The molecule has 3 heterocycles. The van der Waals surface area contributed by atoms with E-state index in [1.54, 1.807) is 18.3 Å². The van der Waals surface area contributed by atoms with Gasteiger partial charge in [-0.1, -0.05) is 15.9 Å². The molecule has 8 heteroatoms. The number of halogens is 1. The summed E-state index contributed by atoms with van der Waals surface area (Å²) >= 11 is 3.53. The van der Waals surface area contributed by atoms with Gasteiger partial charge in [0.05, 0.1) is 12.0 Å². The Morgan fingerprint density at radius 2 is 1.89 bits per heavy atom. The molecule has 1 aromatic heterocycles. The Morgan fingerprint density at radius 3 is 2.61 bits per heavy atom. The predicted octanol–water partition coefficient (Wildman–Crippen LogP) is 2.38. The number of aromatic nitrogens is 1. The van der Waals surface area contributed by atoms with Crippen molar-refractivity contribution in [3.63, 3.8) is 0 Å². The second-order valence-corrected chi connectivity index (χ2v) is 7.47. The van der Waals surface area contributed by atoms with Gasteiger partial charge in [-0.05, 0) is 29.8 Å². The summed E-state index contributed by atoms with van der Waals surface area (Å²) in [7, 11) is 0. The molecule has 2 aromatic rings. The van der Waals surface area contributed by atoms with Crippen LogP contribution in [-0.4, -0.2) is 55.2 Å². The molecule has 0 atom stereocenters. The quantitative estimate of drug-likeness (QED) is 0.725. The average Bonchev–Trinajstić information content (AvgIpc) is 2.74. The number of benzene rings is 1. The summed E-state index contributed by atoms with van der Waals surface area (Å²) in [5.74, 6) is 2.14. The van der Waals surface area contributed by atoms with Gasteiger partial charge in [-0.15, -0.1) is 0 Å². The van der Waals surface area contributed by atoms with Crippen LogP contribution >= 0.6 is 15.9 Å². The number of rotatable bonds is 3. The highest BCUT2D eigenvalue weighted by Gasteiger charge is 2.24. The highest BCUT2D eigenvalue weighted by Crippen LogP contribution is 2.36. The normalized spacial score (nSPS) is 15.9. The zero-order valence-corrected chi connectivity index (χ0v) is 16.8. The first kappa shape index (κ1) is 18.6. The molecule has 7 nitrogen and oxygen atoms in total. The second-order valence-electron chi connectivity index (χ2n) is 6.62. The first-order chi connectivity index (χ1) is 13.7. The van der Waals surface area contributed by atoms with Crippen molar-refractivity contribution < 1.29 is 14.3 Å². The van der Waals surface area contributed by atoms with E-state index >= 15 is 0 Å². The number of anilines is 1. The molecule has 2 aliphatic rings. The lowest BCUT2D eigenvalue weighted by Crippen LogP contribution is -2.49. The molecule has 28 heavy (non-hydrogen) atoms. The van der Waals surface area contributed by atoms with E-state index in [1.165, 1.54) is 0 Å². The number of hydrogen-bond donors (Lipinski definition) is 0. The minimum Gasteiger partial charge on any atom is -0.486 e. The number of carbonyl (C=O) groups excluding carboxylic acids is 1. The molecule has 1 fully saturated rings. The molecule has 0 radical (unpaired) electrons. The summed E-state index contributed by atoms with van der Waals surface area (Å²) in [6.07, 6.45) is 1.98. The Morgan fingerprint density at radius 1 is 1.18 bits per heavy atom. The van der Waals surface area contributed by atoms with Gasteiger partial charge in [0.15, 0.2) is 11.5 Å². The molecule has 1 saturated heterocycles. The highest BCUT2D eigenvalue weighted by molar-refractivity contribution is 9.10. The van der Waals surface area contributed by atoms with Gasteiger partial charge in [-0.2, -0.15) is 5.26 Å². The number of hydrogen-bond acceptors (Lipinski definition) is 6. The average molecular weight is 443 g/mol. The van der Waals surface area contributed by atoms with E-state index in [4.69, 9.17) is 9.47 Å². The van der Waals surface area contributed by atoms with Crippen LogP contribution in [0.3, 0.4) is 0 Å². The van der Waals surface area contributed by atoms with Crippen molar-refractivity contribution in [3.05, 3.63) is 46.1 Å². The van der Waals surface area contributed by atoms with Gasteiger partial charge in [0.1, 0.15) is 25.1 Å². The third-order valence-corrected chi connectivity index (χ3v) is 5.63. The number of nitriles is 1. The molecule has 144 valence electrons. The van der Waals surface area contributed by atoms with Gasteiger partial charge >= 0.3 is 0 Å².